The highest BCUT2D eigenvalue weighted by molar-refractivity contribution is 7.90. The van der Waals surface area contributed by atoms with Crippen LogP contribution in [-0.2, 0) is 16.4 Å². The van der Waals surface area contributed by atoms with Gasteiger partial charge in [-0.15, -0.1) is 0 Å². The molecular formula is C20H18ClNO4S. The maximum absolute atomic E-state index is 12.5. The second-order valence-electron chi connectivity index (χ2n) is 6.20. The fourth-order valence-corrected chi connectivity index (χ4v) is 3.35. The predicted molar refractivity (Wildman–Crippen MR) is 105 cm³/mol. The van der Waals surface area contributed by atoms with Crippen molar-refractivity contribution in [1.82, 2.24) is 5.32 Å². The fourth-order valence-electron chi connectivity index (χ4n) is 2.58. The molecule has 140 valence electrons. The Balaban J connectivity index is 1.72. The number of aryl methyl sites for hydroxylation is 1. The number of carbonyl (C=O) groups is 1. The Bertz CT molecular complexity index is 1090. The lowest BCUT2D eigenvalue weighted by Gasteiger charge is -2.08. The topological polar surface area (TPSA) is 76.4 Å². The summed E-state index contributed by atoms with van der Waals surface area (Å²) < 4.78 is 29.2. The number of benzene rings is 2. The van der Waals surface area contributed by atoms with Gasteiger partial charge in [0, 0.05) is 22.4 Å². The number of halogens is 1. The minimum atomic E-state index is -3.38. The number of amides is 1. The normalized spacial score (nSPS) is 11.4. The molecule has 0 fully saturated rings. The molecule has 0 radical (unpaired) electrons. The molecule has 0 spiro atoms. The summed E-state index contributed by atoms with van der Waals surface area (Å²) >= 11 is 5.88. The lowest BCUT2D eigenvalue weighted by Crippen LogP contribution is -2.23. The van der Waals surface area contributed by atoms with E-state index in [1.807, 2.05) is 18.2 Å². The molecule has 0 atom stereocenters. The molecule has 0 aliphatic carbocycles. The van der Waals surface area contributed by atoms with Crippen LogP contribution in [0.4, 0.5) is 0 Å². The second-order valence-corrected chi connectivity index (χ2v) is 8.66. The summed E-state index contributed by atoms with van der Waals surface area (Å²) in [7, 11) is -3.38. The molecular weight excluding hydrogens is 386 g/mol. The van der Waals surface area contributed by atoms with E-state index in [0.29, 0.717) is 27.7 Å². The smallest absolute Gasteiger partial charge is 0.251 e. The Morgan fingerprint density at radius 3 is 2.44 bits per heavy atom. The Kier molecular flexibility index (Phi) is 5.39. The number of carbonyl (C=O) groups excluding carboxylic acids is 1. The average molecular weight is 404 g/mol. The molecule has 1 heterocycles. The SMILES string of the molecule is Cc1ccc(S(C)(=O)=O)cc1C(=O)NCc1ccc(-c2ccc(Cl)cc2)o1. The average Bonchev–Trinajstić information content (AvgIpc) is 3.08. The molecule has 0 bridgehead atoms. The summed E-state index contributed by atoms with van der Waals surface area (Å²) in [5.41, 5.74) is 1.90. The standard InChI is InChI=1S/C20H18ClNO4S/c1-13-3-9-17(27(2,24)25)11-18(13)20(23)22-12-16-8-10-19(26-16)14-4-6-15(21)7-5-14/h3-11H,12H2,1-2H3,(H,22,23). The molecule has 0 aliphatic rings. The van der Waals surface area contributed by atoms with E-state index < -0.39 is 9.84 Å². The second kappa shape index (κ2) is 7.58. The van der Waals surface area contributed by atoms with Crippen molar-refractivity contribution in [3.8, 4) is 11.3 Å². The summed E-state index contributed by atoms with van der Waals surface area (Å²) in [6, 6.07) is 15.4. The molecule has 1 N–H and O–H groups in total. The Morgan fingerprint density at radius 2 is 1.78 bits per heavy atom. The van der Waals surface area contributed by atoms with Gasteiger partial charge in [-0.05, 0) is 61.0 Å². The van der Waals surface area contributed by atoms with Crippen LogP contribution < -0.4 is 5.32 Å². The Labute approximate surface area is 162 Å². The van der Waals surface area contributed by atoms with E-state index in [1.165, 1.54) is 12.1 Å². The van der Waals surface area contributed by atoms with Crippen molar-refractivity contribution < 1.29 is 17.6 Å². The largest absolute Gasteiger partial charge is 0.459 e. The van der Waals surface area contributed by atoms with E-state index in [4.69, 9.17) is 16.0 Å². The lowest BCUT2D eigenvalue weighted by molar-refractivity contribution is 0.0947. The van der Waals surface area contributed by atoms with Gasteiger partial charge in [0.15, 0.2) is 9.84 Å². The molecule has 7 heteroatoms. The first-order valence-electron chi connectivity index (χ1n) is 8.17. The summed E-state index contributed by atoms with van der Waals surface area (Å²) in [6.07, 6.45) is 1.11. The maximum Gasteiger partial charge on any atom is 0.251 e. The van der Waals surface area contributed by atoms with Crippen LogP contribution >= 0.6 is 11.6 Å². The highest BCUT2D eigenvalue weighted by Gasteiger charge is 2.15. The van der Waals surface area contributed by atoms with Crippen molar-refractivity contribution >= 4 is 27.3 Å². The van der Waals surface area contributed by atoms with Crippen molar-refractivity contribution in [1.29, 1.82) is 0 Å². The fraction of sp³-hybridized carbons (Fsp3) is 0.150. The lowest BCUT2D eigenvalue weighted by atomic mass is 10.1. The molecule has 1 aromatic heterocycles. The molecule has 1 amide bonds. The third kappa shape index (κ3) is 4.59. The number of sulfone groups is 1. The van der Waals surface area contributed by atoms with Crippen LogP contribution in [-0.4, -0.2) is 20.6 Å². The monoisotopic (exact) mass is 403 g/mol. The maximum atomic E-state index is 12.5. The van der Waals surface area contributed by atoms with E-state index >= 15 is 0 Å². The van der Waals surface area contributed by atoms with Gasteiger partial charge in [0.2, 0.25) is 0 Å². The quantitative estimate of drug-likeness (QED) is 0.691. The number of nitrogens with one attached hydrogen (secondary N) is 1. The first-order valence-corrected chi connectivity index (χ1v) is 10.4. The molecule has 0 saturated heterocycles. The van der Waals surface area contributed by atoms with Crippen LogP contribution in [0.3, 0.4) is 0 Å². The van der Waals surface area contributed by atoms with Gasteiger partial charge in [-0.2, -0.15) is 0 Å². The van der Waals surface area contributed by atoms with Gasteiger partial charge >= 0.3 is 0 Å². The molecule has 5 nitrogen and oxygen atoms in total. The van der Waals surface area contributed by atoms with Gasteiger partial charge in [-0.25, -0.2) is 8.42 Å². The van der Waals surface area contributed by atoms with E-state index in [9.17, 15) is 13.2 Å². The minimum absolute atomic E-state index is 0.112. The predicted octanol–water partition coefficient (Wildman–Crippen LogP) is 4.24. The third-order valence-electron chi connectivity index (χ3n) is 4.10. The molecule has 0 aliphatic heterocycles. The van der Waals surface area contributed by atoms with Gasteiger partial charge in [0.05, 0.1) is 11.4 Å². The molecule has 0 saturated carbocycles. The van der Waals surface area contributed by atoms with Crippen molar-refractivity contribution in [2.75, 3.05) is 6.26 Å². The number of hydrogen-bond donors (Lipinski definition) is 1. The van der Waals surface area contributed by atoms with E-state index in [2.05, 4.69) is 5.32 Å². The van der Waals surface area contributed by atoms with Crippen LogP contribution in [0.2, 0.25) is 5.02 Å². The molecule has 2 aromatic carbocycles. The van der Waals surface area contributed by atoms with Gasteiger partial charge in [-0.1, -0.05) is 17.7 Å². The highest BCUT2D eigenvalue weighted by atomic mass is 35.5. The van der Waals surface area contributed by atoms with Gasteiger partial charge in [0.1, 0.15) is 11.5 Å². The van der Waals surface area contributed by atoms with Crippen LogP contribution in [0.5, 0.6) is 0 Å². The van der Waals surface area contributed by atoms with Gasteiger partial charge in [0.25, 0.3) is 5.91 Å². The number of furan rings is 1. The Hall–Kier alpha value is -2.57. The number of hydrogen-bond acceptors (Lipinski definition) is 4. The van der Waals surface area contributed by atoms with Crippen molar-refractivity contribution in [3.05, 3.63) is 76.5 Å². The van der Waals surface area contributed by atoms with Gasteiger partial charge in [-0.3, -0.25) is 4.79 Å². The van der Waals surface area contributed by atoms with Crippen LogP contribution in [0.15, 0.2) is 63.9 Å². The van der Waals surface area contributed by atoms with Crippen molar-refractivity contribution in [2.24, 2.45) is 0 Å². The van der Waals surface area contributed by atoms with E-state index in [-0.39, 0.29) is 17.3 Å². The summed E-state index contributed by atoms with van der Waals surface area (Å²) in [4.78, 5) is 12.6. The van der Waals surface area contributed by atoms with Gasteiger partial charge < -0.3 is 9.73 Å². The van der Waals surface area contributed by atoms with Crippen molar-refractivity contribution in [2.45, 2.75) is 18.4 Å². The minimum Gasteiger partial charge on any atom is -0.459 e. The summed E-state index contributed by atoms with van der Waals surface area (Å²) in [5, 5.41) is 3.40. The third-order valence-corrected chi connectivity index (χ3v) is 5.46. The molecule has 0 unspecified atom stereocenters. The molecule has 3 rings (SSSR count). The molecule has 3 aromatic rings. The van der Waals surface area contributed by atoms with Crippen LogP contribution in [0, 0.1) is 6.92 Å². The zero-order valence-electron chi connectivity index (χ0n) is 14.8. The van der Waals surface area contributed by atoms with E-state index in [1.54, 1.807) is 31.2 Å². The Morgan fingerprint density at radius 1 is 1.07 bits per heavy atom. The zero-order chi connectivity index (χ0) is 19.6. The van der Waals surface area contributed by atoms with E-state index in [0.717, 1.165) is 11.8 Å². The van der Waals surface area contributed by atoms with Crippen LogP contribution in [0.1, 0.15) is 21.7 Å². The zero-order valence-corrected chi connectivity index (χ0v) is 16.4. The summed E-state index contributed by atoms with van der Waals surface area (Å²) in [5.74, 6) is 0.902. The number of rotatable bonds is 5. The van der Waals surface area contributed by atoms with Crippen LogP contribution in [0.25, 0.3) is 11.3 Å². The summed E-state index contributed by atoms with van der Waals surface area (Å²) in [6.45, 7) is 1.95. The first kappa shape index (κ1) is 19.2. The van der Waals surface area contributed by atoms with Crippen molar-refractivity contribution in [3.63, 3.8) is 0 Å². The first-order chi connectivity index (χ1) is 12.7. The molecule has 27 heavy (non-hydrogen) atoms. The highest BCUT2D eigenvalue weighted by Crippen LogP contribution is 2.24.